The summed E-state index contributed by atoms with van der Waals surface area (Å²) in [6.07, 6.45) is 3.02. The zero-order chi connectivity index (χ0) is 14.7. The van der Waals surface area contributed by atoms with Gasteiger partial charge in [-0.1, -0.05) is 12.1 Å². The number of anilines is 1. The molecule has 2 fully saturated rings. The number of ether oxygens (including phenoxy) is 1. The predicted molar refractivity (Wildman–Crippen MR) is 84.7 cm³/mol. The van der Waals surface area contributed by atoms with Crippen LogP contribution < -0.4 is 10.2 Å². The van der Waals surface area contributed by atoms with Gasteiger partial charge in [0.1, 0.15) is 0 Å². The second-order valence-corrected chi connectivity index (χ2v) is 6.37. The molecule has 0 bridgehead atoms. The maximum atomic E-state index is 10.1. The minimum Gasteiger partial charge on any atom is -0.389 e. The van der Waals surface area contributed by atoms with Crippen LogP contribution >= 0.6 is 0 Å². The highest BCUT2D eigenvalue weighted by molar-refractivity contribution is 5.48. The highest BCUT2D eigenvalue weighted by Crippen LogP contribution is 2.31. The van der Waals surface area contributed by atoms with Gasteiger partial charge in [0.25, 0.3) is 0 Å². The molecule has 0 amide bonds. The van der Waals surface area contributed by atoms with Gasteiger partial charge in [-0.3, -0.25) is 0 Å². The molecule has 1 saturated carbocycles. The summed E-state index contributed by atoms with van der Waals surface area (Å²) in [5, 5.41) is 13.6. The summed E-state index contributed by atoms with van der Waals surface area (Å²) in [4.78, 5) is 2.36. The average molecular weight is 290 g/mol. The van der Waals surface area contributed by atoms with E-state index in [0.717, 1.165) is 45.6 Å². The van der Waals surface area contributed by atoms with Crippen LogP contribution in [0.3, 0.4) is 0 Å². The van der Waals surface area contributed by atoms with E-state index in [1.807, 2.05) is 0 Å². The van der Waals surface area contributed by atoms with Gasteiger partial charge in [0.15, 0.2) is 0 Å². The third-order valence-corrected chi connectivity index (χ3v) is 4.79. The van der Waals surface area contributed by atoms with Crippen LogP contribution in [0.5, 0.6) is 0 Å². The van der Waals surface area contributed by atoms with Crippen molar-refractivity contribution < 1.29 is 9.84 Å². The van der Waals surface area contributed by atoms with Gasteiger partial charge < -0.3 is 20.1 Å². The fourth-order valence-corrected chi connectivity index (χ4v) is 3.02. The minimum atomic E-state index is -0.456. The van der Waals surface area contributed by atoms with E-state index in [-0.39, 0.29) is 6.04 Å². The first-order valence-corrected chi connectivity index (χ1v) is 8.05. The van der Waals surface area contributed by atoms with E-state index in [1.54, 1.807) is 0 Å². The molecule has 0 spiro atoms. The minimum absolute atomic E-state index is 0.272. The quantitative estimate of drug-likeness (QED) is 0.871. The molecule has 2 aliphatic rings. The van der Waals surface area contributed by atoms with E-state index in [1.165, 1.54) is 11.3 Å². The molecule has 1 heterocycles. The Hall–Kier alpha value is -1.10. The molecule has 1 aliphatic carbocycles. The zero-order valence-electron chi connectivity index (χ0n) is 12.8. The van der Waals surface area contributed by atoms with Crippen LogP contribution in [0.15, 0.2) is 24.3 Å². The second kappa shape index (κ2) is 6.34. The molecule has 3 rings (SSSR count). The lowest BCUT2D eigenvalue weighted by Gasteiger charge is -2.37. The van der Waals surface area contributed by atoms with E-state index < -0.39 is 5.60 Å². The van der Waals surface area contributed by atoms with Gasteiger partial charge in [-0.05, 0) is 43.9 Å². The number of hydrogen-bond donors (Lipinski definition) is 2. The van der Waals surface area contributed by atoms with Gasteiger partial charge in [0.05, 0.1) is 18.8 Å². The van der Waals surface area contributed by atoms with Gasteiger partial charge >= 0.3 is 0 Å². The van der Waals surface area contributed by atoms with Crippen LogP contribution in [0.1, 0.15) is 37.8 Å². The molecule has 1 saturated heterocycles. The first kappa shape index (κ1) is 14.8. The van der Waals surface area contributed by atoms with Crippen molar-refractivity contribution in [1.82, 2.24) is 5.32 Å². The van der Waals surface area contributed by atoms with Gasteiger partial charge in [-0.15, -0.1) is 0 Å². The molecule has 1 aromatic carbocycles. The van der Waals surface area contributed by atoms with E-state index in [4.69, 9.17) is 4.74 Å². The normalized spacial score (nSPS) is 22.7. The SMILES string of the molecule is CC(NCC1(O)CCC1)c1ccc(N2CCOCC2)cc1. The van der Waals surface area contributed by atoms with Crippen LogP contribution in [0.2, 0.25) is 0 Å². The van der Waals surface area contributed by atoms with Crippen LogP contribution in [0.4, 0.5) is 5.69 Å². The largest absolute Gasteiger partial charge is 0.389 e. The Morgan fingerprint density at radius 1 is 1.24 bits per heavy atom. The third-order valence-electron chi connectivity index (χ3n) is 4.79. The van der Waals surface area contributed by atoms with Crippen molar-refractivity contribution >= 4 is 5.69 Å². The van der Waals surface area contributed by atoms with Crippen molar-refractivity contribution in [2.45, 2.75) is 37.8 Å². The van der Waals surface area contributed by atoms with Crippen molar-refractivity contribution in [3.05, 3.63) is 29.8 Å². The smallest absolute Gasteiger partial charge is 0.0771 e. The highest BCUT2D eigenvalue weighted by Gasteiger charge is 2.34. The summed E-state index contributed by atoms with van der Waals surface area (Å²) in [5.41, 5.74) is 2.09. The average Bonchev–Trinajstić information content (AvgIpc) is 2.52. The van der Waals surface area contributed by atoms with Crippen molar-refractivity contribution in [3.63, 3.8) is 0 Å². The molecule has 1 unspecified atom stereocenters. The van der Waals surface area contributed by atoms with Crippen LogP contribution in [-0.4, -0.2) is 43.6 Å². The van der Waals surface area contributed by atoms with Crippen molar-refractivity contribution in [1.29, 1.82) is 0 Å². The first-order valence-electron chi connectivity index (χ1n) is 8.05. The van der Waals surface area contributed by atoms with Crippen molar-refractivity contribution in [2.75, 3.05) is 37.7 Å². The maximum absolute atomic E-state index is 10.1. The fourth-order valence-electron chi connectivity index (χ4n) is 3.02. The van der Waals surface area contributed by atoms with Gasteiger partial charge in [0.2, 0.25) is 0 Å². The first-order chi connectivity index (χ1) is 10.2. The molecule has 4 nitrogen and oxygen atoms in total. The summed E-state index contributed by atoms with van der Waals surface area (Å²) in [5.74, 6) is 0. The Kier molecular flexibility index (Phi) is 4.48. The summed E-state index contributed by atoms with van der Waals surface area (Å²) < 4.78 is 5.39. The molecule has 0 aromatic heterocycles. The molecule has 21 heavy (non-hydrogen) atoms. The predicted octanol–water partition coefficient (Wildman–Crippen LogP) is 2.09. The summed E-state index contributed by atoms with van der Waals surface area (Å²) in [6.45, 7) is 6.43. The lowest BCUT2D eigenvalue weighted by atomic mass is 9.80. The Balaban J connectivity index is 1.55. The molecule has 4 heteroatoms. The lowest BCUT2D eigenvalue weighted by molar-refractivity contribution is -0.0329. The topological polar surface area (TPSA) is 44.7 Å². The Bertz CT molecular complexity index is 450. The van der Waals surface area contributed by atoms with Crippen molar-refractivity contribution in [3.8, 4) is 0 Å². The molecule has 1 aliphatic heterocycles. The molecule has 1 aromatic rings. The summed E-state index contributed by atoms with van der Waals surface area (Å²) in [6, 6.07) is 9.03. The second-order valence-electron chi connectivity index (χ2n) is 6.37. The van der Waals surface area contributed by atoms with Gasteiger partial charge in [-0.2, -0.15) is 0 Å². The molecule has 2 N–H and O–H groups in total. The Morgan fingerprint density at radius 2 is 1.90 bits per heavy atom. The van der Waals surface area contributed by atoms with E-state index in [9.17, 15) is 5.11 Å². The maximum Gasteiger partial charge on any atom is 0.0771 e. The number of nitrogens with one attached hydrogen (secondary N) is 1. The van der Waals surface area contributed by atoms with E-state index in [2.05, 4.69) is 41.4 Å². The van der Waals surface area contributed by atoms with Gasteiger partial charge in [0, 0.05) is 31.4 Å². The van der Waals surface area contributed by atoms with Crippen molar-refractivity contribution in [2.24, 2.45) is 0 Å². The van der Waals surface area contributed by atoms with E-state index >= 15 is 0 Å². The number of morpholine rings is 1. The molecule has 1 atom stereocenters. The Morgan fingerprint density at radius 3 is 2.48 bits per heavy atom. The number of aliphatic hydroxyl groups is 1. The van der Waals surface area contributed by atoms with Crippen LogP contribution in [-0.2, 0) is 4.74 Å². The number of nitrogens with zero attached hydrogens (tertiary/aromatic N) is 1. The Labute approximate surface area is 127 Å². The molecule has 116 valence electrons. The summed E-state index contributed by atoms with van der Waals surface area (Å²) >= 11 is 0. The third kappa shape index (κ3) is 3.57. The van der Waals surface area contributed by atoms with Gasteiger partial charge in [-0.25, -0.2) is 0 Å². The highest BCUT2D eigenvalue weighted by atomic mass is 16.5. The summed E-state index contributed by atoms with van der Waals surface area (Å²) in [7, 11) is 0. The number of rotatable bonds is 5. The lowest BCUT2D eigenvalue weighted by Crippen LogP contribution is -2.46. The van der Waals surface area contributed by atoms with Crippen LogP contribution in [0, 0.1) is 0 Å². The molecular formula is C17H26N2O2. The fraction of sp³-hybridized carbons (Fsp3) is 0.647. The standard InChI is InChI=1S/C17H26N2O2/c1-14(18-13-17(20)7-2-8-17)15-3-5-16(6-4-15)19-9-11-21-12-10-19/h3-6,14,18,20H,2,7-13H2,1H3. The van der Waals surface area contributed by atoms with E-state index in [0.29, 0.717) is 6.54 Å². The zero-order valence-corrected chi connectivity index (χ0v) is 12.8. The monoisotopic (exact) mass is 290 g/mol. The molecule has 0 radical (unpaired) electrons. The number of hydrogen-bond acceptors (Lipinski definition) is 4. The van der Waals surface area contributed by atoms with Crippen LogP contribution in [0.25, 0.3) is 0 Å². The molecular weight excluding hydrogens is 264 g/mol. The number of benzene rings is 1.